The maximum absolute atomic E-state index is 6.22. The first-order chi connectivity index (χ1) is 9.20. The molecule has 0 bridgehead atoms. The maximum Gasteiger partial charge on any atom is 0.0755 e. The van der Waals surface area contributed by atoms with Gasteiger partial charge in [-0.1, -0.05) is 11.6 Å². The molecule has 1 aromatic carbocycles. The zero-order valence-electron chi connectivity index (χ0n) is 11.2. The van der Waals surface area contributed by atoms with Crippen LogP contribution < -0.4 is 5.32 Å². The summed E-state index contributed by atoms with van der Waals surface area (Å²) in [5.74, 6) is 0. The lowest BCUT2D eigenvalue weighted by atomic mass is 10.0. The highest BCUT2D eigenvalue weighted by Gasteiger charge is 2.18. The van der Waals surface area contributed by atoms with E-state index in [4.69, 9.17) is 21.3 Å². The second kappa shape index (κ2) is 4.99. The van der Waals surface area contributed by atoms with Crippen LogP contribution in [0.3, 0.4) is 0 Å². The van der Waals surface area contributed by atoms with Gasteiger partial charge in [0, 0.05) is 28.9 Å². The molecule has 0 saturated heterocycles. The largest absolute Gasteiger partial charge is 0.384 e. The van der Waals surface area contributed by atoms with Crippen molar-refractivity contribution in [2.75, 3.05) is 18.5 Å². The Morgan fingerprint density at radius 1 is 1.42 bits per heavy atom. The van der Waals surface area contributed by atoms with Crippen molar-refractivity contribution in [3.63, 3.8) is 0 Å². The van der Waals surface area contributed by atoms with Crippen LogP contribution in [0.25, 0.3) is 10.9 Å². The fourth-order valence-electron chi connectivity index (χ4n) is 2.57. The number of hydrogen-bond acceptors (Lipinski definition) is 3. The van der Waals surface area contributed by atoms with Gasteiger partial charge in [0.05, 0.1) is 30.1 Å². The molecule has 100 valence electrons. The van der Waals surface area contributed by atoms with Gasteiger partial charge in [-0.15, -0.1) is 0 Å². The van der Waals surface area contributed by atoms with E-state index in [0.29, 0.717) is 6.61 Å². The molecule has 2 heterocycles. The summed E-state index contributed by atoms with van der Waals surface area (Å²) < 4.78 is 5.58. The van der Waals surface area contributed by atoms with Gasteiger partial charge in [-0.3, -0.25) is 4.98 Å². The lowest BCUT2D eigenvalue weighted by Crippen LogP contribution is -2.15. The highest BCUT2D eigenvalue weighted by atomic mass is 35.5. The first kappa shape index (κ1) is 12.7. The molecule has 1 aromatic heterocycles. The predicted octanol–water partition coefficient (Wildman–Crippen LogP) is 3.70. The zero-order valence-corrected chi connectivity index (χ0v) is 12.0. The Balaban J connectivity index is 2.32. The third kappa shape index (κ3) is 2.17. The summed E-state index contributed by atoms with van der Waals surface area (Å²) in [6.45, 7) is 6.39. The number of hydrogen-bond donors (Lipinski definition) is 1. The van der Waals surface area contributed by atoms with Crippen molar-refractivity contribution in [1.82, 2.24) is 4.98 Å². The van der Waals surface area contributed by atoms with Crippen LogP contribution in [0.15, 0.2) is 12.1 Å². The second-order valence-electron chi connectivity index (χ2n) is 4.86. The lowest BCUT2D eigenvalue weighted by molar-refractivity contribution is 0.110. The van der Waals surface area contributed by atoms with Crippen molar-refractivity contribution >= 4 is 28.2 Å². The Labute approximate surface area is 117 Å². The molecule has 2 aromatic rings. The van der Waals surface area contributed by atoms with Gasteiger partial charge >= 0.3 is 0 Å². The lowest BCUT2D eigenvalue weighted by Gasteiger charge is -2.22. The molecule has 1 aliphatic heterocycles. The van der Waals surface area contributed by atoms with Crippen molar-refractivity contribution in [3.8, 4) is 0 Å². The highest BCUT2D eigenvalue weighted by molar-refractivity contribution is 6.32. The van der Waals surface area contributed by atoms with Crippen molar-refractivity contribution < 1.29 is 4.74 Å². The van der Waals surface area contributed by atoms with Gasteiger partial charge in [0.2, 0.25) is 0 Å². The third-order valence-corrected chi connectivity index (χ3v) is 3.94. The van der Waals surface area contributed by atoms with Gasteiger partial charge in [0.15, 0.2) is 0 Å². The summed E-state index contributed by atoms with van der Waals surface area (Å²) >= 11 is 6.22. The van der Waals surface area contributed by atoms with Gasteiger partial charge in [0.25, 0.3) is 0 Å². The van der Waals surface area contributed by atoms with E-state index in [9.17, 15) is 0 Å². The number of anilines is 1. The van der Waals surface area contributed by atoms with Gasteiger partial charge in [-0.05, 0) is 31.5 Å². The number of aryl methyl sites for hydroxylation is 1. The number of ether oxygens (including phenoxy) is 1. The molecule has 0 saturated carbocycles. The fraction of sp³-hybridized carbons (Fsp3) is 0.400. The second-order valence-corrected chi connectivity index (χ2v) is 5.27. The molecule has 0 unspecified atom stereocenters. The molecular formula is C15H17ClN2O. The normalized spacial score (nSPS) is 14.5. The molecule has 0 aliphatic carbocycles. The van der Waals surface area contributed by atoms with E-state index in [0.717, 1.165) is 52.4 Å². The van der Waals surface area contributed by atoms with Crippen molar-refractivity contribution in [3.05, 3.63) is 34.0 Å². The molecule has 0 atom stereocenters. The van der Waals surface area contributed by atoms with Crippen molar-refractivity contribution in [2.24, 2.45) is 0 Å². The van der Waals surface area contributed by atoms with Crippen LogP contribution in [0.4, 0.5) is 5.69 Å². The Kier molecular flexibility index (Phi) is 3.33. The predicted molar refractivity (Wildman–Crippen MR) is 79.0 cm³/mol. The van der Waals surface area contributed by atoms with E-state index in [1.807, 2.05) is 13.0 Å². The topological polar surface area (TPSA) is 34.2 Å². The maximum atomic E-state index is 6.22. The number of halogens is 1. The van der Waals surface area contributed by atoms with Crippen molar-refractivity contribution in [2.45, 2.75) is 26.9 Å². The van der Waals surface area contributed by atoms with Crippen LogP contribution in [-0.2, 0) is 17.8 Å². The summed E-state index contributed by atoms with van der Waals surface area (Å²) in [5, 5.41) is 5.37. The minimum Gasteiger partial charge on any atom is -0.384 e. The van der Waals surface area contributed by atoms with Crippen LogP contribution in [0, 0.1) is 6.92 Å². The molecular weight excluding hydrogens is 260 g/mol. The summed E-state index contributed by atoms with van der Waals surface area (Å²) in [6.07, 6.45) is 0.870. The van der Waals surface area contributed by atoms with Gasteiger partial charge in [-0.2, -0.15) is 0 Å². The Morgan fingerprint density at radius 2 is 2.26 bits per heavy atom. The standard InChI is InChI=1S/C15H17ClN2O/c1-3-17-15-10-6-9(2)12(16)7-14(10)18-13-4-5-19-8-11(13)15/h6-7H,3-5,8H2,1-2H3,(H,17,18). The molecule has 0 amide bonds. The number of aromatic nitrogens is 1. The SMILES string of the molecule is CCNc1c2c(nc3cc(Cl)c(C)cc13)CCOC2. The Hall–Kier alpha value is -1.32. The van der Waals surface area contributed by atoms with Gasteiger partial charge in [0.1, 0.15) is 0 Å². The van der Waals surface area contributed by atoms with Gasteiger partial charge in [-0.25, -0.2) is 0 Å². The van der Waals surface area contributed by atoms with Crippen LogP contribution in [0.1, 0.15) is 23.7 Å². The van der Waals surface area contributed by atoms with E-state index in [-0.39, 0.29) is 0 Å². The molecule has 19 heavy (non-hydrogen) atoms. The summed E-state index contributed by atoms with van der Waals surface area (Å²) in [6, 6.07) is 4.07. The monoisotopic (exact) mass is 276 g/mol. The average Bonchev–Trinajstić information content (AvgIpc) is 2.41. The average molecular weight is 277 g/mol. The van der Waals surface area contributed by atoms with Crippen LogP contribution in [0.5, 0.6) is 0 Å². The number of nitrogens with one attached hydrogen (secondary N) is 1. The van der Waals surface area contributed by atoms with Crippen molar-refractivity contribution in [1.29, 1.82) is 0 Å². The summed E-state index contributed by atoms with van der Waals surface area (Å²) in [4.78, 5) is 4.76. The van der Waals surface area contributed by atoms with E-state index >= 15 is 0 Å². The van der Waals surface area contributed by atoms with E-state index in [2.05, 4.69) is 18.3 Å². The first-order valence-corrected chi connectivity index (χ1v) is 7.01. The molecule has 1 aliphatic rings. The Bertz CT molecular complexity index is 640. The first-order valence-electron chi connectivity index (χ1n) is 6.64. The third-order valence-electron chi connectivity index (χ3n) is 3.53. The van der Waals surface area contributed by atoms with E-state index in [1.54, 1.807) is 0 Å². The summed E-state index contributed by atoms with van der Waals surface area (Å²) in [7, 11) is 0. The zero-order chi connectivity index (χ0) is 13.4. The molecule has 0 radical (unpaired) electrons. The quantitative estimate of drug-likeness (QED) is 0.908. The molecule has 1 N–H and O–H groups in total. The number of rotatable bonds is 2. The minimum atomic E-state index is 0.641. The smallest absolute Gasteiger partial charge is 0.0755 e. The minimum absolute atomic E-state index is 0.641. The number of nitrogens with zero attached hydrogens (tertiary/aromatic N) is 1. The van der Waals surface area contributed by atoms with Crippen LogP contribution in [-0.4, -0.2) is 18.1 Å². The summed E-state index contributed by atoms with van der Waals surface area (Å²) in [5.41, 5.74) is 5.53. The van der Waals surface area contributed by atoms with E-state index in [1.165, 1.54) is 5.56 Å². The Morgan fingerprint density at radius 3 is 3.05 bits per heavy atom. The van der Waals surface area contributed by atoms with E-state index < -0.39 is 0 Å². The molecule has 0 spiro atoms. The van der Waals surface area contributed by atoms with Gasteiger partial charge < -0.3 is 10.1 Å². The van der Waals surface area contributed by atoms with Crippen LogP contribution in [0.2, 0.25) is 5.02 Å². The molecule has 4 heteroatoms. The van der Waals surface area contributed by atoms with Crippen LogP contribution >= 0.6 is 11.6 Å². The number of benzene rings is 1. The molecule has 3 nitrogen and oxygen atoms in total. The number of pyridine rings is 1. The fourth-order valence-corrected chi connectivity index (χ4v) is 2.73. The molecule has 3 rings (SSSR count). The molecule has 0 fully saturated rings. The highest BCUT2D eigenvalue weighted by Crippen LogP contribution is 2.34. The number of fused-ring (bicyclic) bond motifs is 2.